The van der Waals surface area contributed by atoms with Crippen LogP contribution in [0.4, 0.5) is 10.1 Å². The Bertz CT molecular complexity index is 856. The van der Waals surface area contributed by atoms with Gasteiger partial charge in [0.25, 0.3) is 0 Å². The quantitative estimate of drug-likeness (QED) is 0.321. The van der Waals surface area contributed by atoms with Crippen LogP contribution in [0, 0.1) is 5.82 Å². The SMILES string of the molecule is CN=C(NCc1ccc(N(C)C)c(F)c1)NCc1ccccc1CN1CCOCC1.I. The smallest absolute Gasteiger partial charge is 0.191 e. The Labute approximate surface area is 201 Å². The van der Waals surface area contributed by atoms with Crippen molar-refractivity contribution in [2.45, 2.75) is 19.6 Å². The zero-order valence-electron chi connectivity index (χ0n) is 18.5. The summed E-state index contributed by atoms with van der Waals surface area (Å²) in [6, 6.07) is 13.8. The van der Waals surface area contributed by atoms with E-state index in [1.165, 1.54) is 11.1 Å². The molecule has 170 valence electrons. The molecule has 0 unspecified atom stereocenters. The third kappa shape index (κ3) is 7.62. The van der Waals surface area contributed by atoms with Crippen LogP contribution in [-0.4, -0.2) is 58.3 Å². The number of guanidine groups is 1. The molecule has 0 bridgehead atoms. The summed E-state index contributed by atoms with van der Waals surface area (Å²) < 4.78 is 19.6. The molecule has 2 N–H and O–H groups in total. The molecule has 0 radical (unpaired) electrons. The molecule has 0 aromatic heterocycles. The van der Waals surface area contributed by atoms with Gasteiger partial charge in [-0.05, 0) is 28.8 Å². The van der Waals surface area contributed by atoms with E-state index in [9.17, 15) is 4.39 Å². The first-order chi connectivity index (χ1) is 14.6. The number of halogens is 2. The number of aliphatic imine (C=N–C) groups is 1. The van der Waals surface area contributed by atoms with E-state index in [1.54, 1.807) is 24.1 Å². The lowest BCUT2D eigenvalue weighted by Crippen LogP contribution is -2.37. The molecular formula is C23H33FIN5O. The molecule has 0 amide bonds. The van der Waals surface area contributed by atoms with Crippen LogP contribution in [0.2, 0.25) is 0 Å². The highest BCUT2D eigenvalue weighted by atomic mass is 127. The molecule has 1 heterocycles. The Hall–Kier alpha value is -1.91. The second kappa shape index (κ2) is 12.8. The number of hydrogen-bond donors (Lipinski definition) is 2. The van der Waals surface area contributed by atoms with Gasteiger partial charge in [-0.25, -0.2) is 4.39 Å². The van der Waals surface area contributed by atoms with Crippen molar-refractivity contribution in [2.75, 3.05) is 52.3 Å². The van der Waals surface area contributed by atoms with Gasteiger partial charge in [-0.2, -0.15) is 0 Å². The summed E-state index contributed by atoms with van der Waals surface area (Å²) in [5.41, 5.74) is 4.00. The van der Waals surface area contributed by atoms with E-state index in [0.29, 0.717) is 24.7 Å². The number of morpholine rings is 1. The van der Waals surface area contributed by atoms with Gasteiger partial charge in [-0.3, -0.25) is 9.89 Å². The van der Waals surface area contributed by atoms with Crippen molar-refractivity contribution in [3.8, 4) is 0 Å². The Balaban J connectivity index is 0.00000341. The predicted octanol–water partition coefficient (Wildman–Crippen LogP) is 3.21. The van der Waals surface area contributed by atoms with Crippen molar-refractivity contribution in [3.63, 3.8) is 0 Å². The van der Waals surface area contributed by atoms with Gasteiger partial charge >= 0.3 is 0 Å². The number of nitrogens with one attached hydrogen (secondary N) is 2. The third-order valence-corrected chi connectivity index (χ3v) is 5.24. The van der Waals surface area contributed by atoms with E-state index < -0.39 is 0 Å². The van der Waals surface area contributed by atoms with E-state index in [4.69, 9.17) is 4.74 Å². The molecule has 1 fully saturated rings. The zero-order chi connectivity index (χ0) is 21.3. The lowest BCUT2D eigenvalue weighted by molar-refractivity contribution is 0.0341. The fourth-order valence-corrected chi connectivity index (χ4v) is 3.49. The number of rotatable bonds is 7. The summed E-state index contributed by atoms with van der Waals surface area (Å²) in [4.78, 5) is 8.48. The minimum Gasteiger partial charge on any atom is -0.379 e. The standard InChI is InChI=1S/C23H32FN5O.HI/c1-25-23(26-15-18-8-9-22(28(2)3)21(24)14-18)27-16-19-6-4-5-7-20(19)17-29-10-12-30-13-11-29;/h4-9,14H,10-13,15-17H2,1-3H3,(H2,25,26,27);1H. The average Bonchev–Trinajstić information content (AvgIpc) is 2.75. The van der Waals surface area contributed by atoms with Crippen LogP contribution in [0.3, 0.4) is 0 Å². The lowest BCUT2D eigenvalue weighted by atomic mass is 10.1. The van der Waals surface area contributed by atoms with Gasteiger partial charge in [0.1, 0.15) is 5.82 Å². The van der Waals surface area contributed by atoms with Crippen molar-refractivity contribution in [3.05, 3.63) is 65.0 Å². The van der Waals surface area contributed by atoms with Crippen LogP contribution < -0.4 is 15.5 Å². The van der Waals surface area contributed by atoms with Crippen molar-refractivity contribution < 1.29 is 9.13 Å². The Morgan fingerprint density at radius 1 is 1.06 bits per heavy atom. The fourth-order valence-electron chi connectivity index (χ4n) is 3.49. The largest absolute Gasteiger partial charge is 0.379 e. The molecule has 1 aliphatic rings. The van der Waals surface area contributed by atoms with E-state index in [-0.39, 0.29) is 29.8 Å². The number of ether oxygens (including phenoxy) is 1. The molecule has 1 saturated heterocycles. The summed E-state index contributed by atoms with van der Waals surface area (Å²) >= 11 is 0. The molecule has 2 aromatic rings. The number of anilines is 1. The Morgan fingerprint density at radius 3 is 2.39 bits per heavy atom. The van der Waals surface area contributed by atoms with Crippen molar-refractivity contribution in [1.29, 1.82) is 0 Å². The first kappa shape index (κ1) is 25.4. The van der Waals surface area contributed by atoms with Gasteiger partial charge in [0.2, 0.25) is 0 Å². The van der Waals surface area contributed by atoms with Crippen LogP contribution in [0.15, 0.2) is 47.5 Å². The highest BCUT2D eigenvalue weighted by Gasteiger charge is 2.13. The summed E-state index contributed by atoms with van der Waals surface area (Å²) in [7, 11) is 5.41. The van der Waals surface area contributed by atoms with Gasteiger partial charge < -0.3 is 20.3 Å². The summed E-state index contributed by atoms with van der Waals surface area (Å²) in [6.07, 6.45) is 0. The molecule has 0 atom stereocenters. The van der Waals surface area contributed by atoms with E-state index in [2.05, 4.69) is 44.8 Å². The normalized spacial score (nSPS) is 14.6. The first-order valence-corrected chi connectivity index (χ1v) is 10.3. The maximum atomic E-state index is 14.2. The minimum absolute atomic E-state index is 0. The summed E-state index contributed by atoms with van der Waals surface area (Å²) in [6.45, 7) is 5.63. The maximum Gasteiger partial charge on any atom is 0.191 e. The van der Waals surface area contributed by atoms with Gasteiger partial charge in [-0.15, -0.1) is 24.0 Å². The second-order valence-electron chi connectivity index (χ2n) is 7.62. The highest BCUT2D eigenvalue weighted by molar-refractivity contribution is 14.0. The molecule has 3 rings (SSSR count). The number of nitrogens with zero attached hydrogens (tertiary/aromatic N) is 3. The van der Waals surface area contributed by atoms with Crippen LogP contribution in [-0.2, 0) is 24.4 Å². The van der Waals surface area contributed by atoms with E-state index >= 15 is 0 Å². The van der Waals surface area contributed by atoms with Crippen LogP contribution in [0.5, 0.6) is 0 Å². The van der Waals surface area contributed by atoms with Gasteiger partial charge in [0.05, 0.1) is 18.9 Å². The van der Waals surface area contributed by atoms with Crippen LogP contribution in [0.1, 0.15) is 16.7 Å². The first-order valence-electron chi connectivity index (χ1n) is 10.3. The topological polar surface area (TPSA) is 52.1 Å². The lowest BCUT2D eigenvalue weighted by Gasteiger charge is -2.27. The van der Waals surface area contributed by atoms with Crippen molar-refractivity contribution >= 4 is 35.6 Å². The fraction of sp³-hybridized carbons (Fsp3) is 0.435. The predicted molar refractivity (Wildman–Crippen MR) is 136 cm³/mol. The molecule has 2 aromatic carbocycles. The summed E-state index contributed by atoms with van der Waals surface area (Å²) in [5.74, 6) is 0.465. The summed E-state index contributed by atoms with van der Waals surface area (Å²) in [5, 5.41) is 6.64. The van der Waals surface area contributed by atoms with Crippen LogP contribution in [0.25, 0.3) is 0 Å². The van der Waals surface area contributed by atoms with Gasteiger partial charge in [0.15, 0.2) is 5.96 Å². The highest BCUT2D eigenvalue weighted by Crippen LogP contribution is 2.18. The second-order valence-corrected chi connectivity index (χ2v) is 7.62. The van der Waals surface area contributed by atoms with Gasteiger partial charge in [-0.1, -0.05) is 30.3 Å². The molecule has 0 aliphatic carbocycles. The van der Waals surface area contributed by atoms with E-state index in [1.807, 2.05) is 20.2 Å². The van der Waals surface area contributed by atoms with Crippen molar-refractivity contribution in [2.24, 2.45) is 4.99 Å². The monoisotopic (exact) mass is 541 g/mol. The number of benzene rings is 2. The maximum absolute atomic E-state index is 14.2. The third-order valence-electron chi connectivity index (χ3n) is 5.24. The van der Waals surface area contributed by atoms with Gasteiger partial charge in [0, 0.05) is 53.9 Å². The molecule has 1 aliphatic heterocycles. The number of hydrogen-bond acceptors (Lipinski definition) is 4. The molecule has 0 saturated carbocycles. The molecule has 31 heavy (non-hydrogen) atoms. The van der Waals surface area contributed by atoms with Crippen LogP contribution >= 0.6 is 24.0 Å². The molecule has 6 nitrogen and oxygen atoms in total. The van der Waals surface area contributed by atoms with E-state index in [0.717, 1.165) is 38.4 Å². The van der Waals surface area contributed by atoms with Crippen molar-refractivity contribution in [1.82, 2.24) is 15.5 Å². The Morgan fingerprint density at radius 2 is 1.74 bits per heavy atom. The minimum atomic E-state index is -0.223. The zero-order valence-corrected chi connectivity index (χ0v) is 20.9. The Kier molecular flexibility index (Phi) is 10.5. The molecular weight excluding hydrogens is 508 g/mol. The molecule has 8 heteroatoms. The molecule has 0 spiro atoms. The average molecular weight is 541 g/mol.